The number of hydrogen-bond acceptors (Lipinski definition) is 6. The Balaban J connectivity index is 0.00000192. The minimum Gasteiger partial charge on any atom is -0.744 e. The first-order chi connectivity index (χ1) is 48.1. The number of aryl methyl sites for hydroxylation is 2. The largest absolute Gasteiger partial charge is 2.00 e. The number of benzene rings is 2. The maximum Gasteiger partial charge on any atom is 2.00 e. The van der Waals surface area contributed by atoms with Crippen molar-refractivity contribution in [1.29, 1.82) is 0 Å². The van der Waals surface area contributed by atoms with E-state index in [0.29, 0.717) is 0 Å². The summed E-state index contributed by atoms with van der Waals surface area (Å²) in [6.07, 6.45) is 108. The molecule has 0 spiro atoms. The second-order valence-electron chi connectivity index (χ2n) is 31.2. The molecule has 0 N–H and O–H groups in total. The molecule has 0 bridgehead atoms. The van der Waals surface area contributed by atoms with Gasteiger partial charge >= 0.3 is 48.9 Å². The molecular formula is C90H166BaO6S2. The van der Waals surface area contributed by atoms with Gasteiger partial charge in [-0.25, -0.2) is 16.8 Å². The molecule has 0 amide bonds. The third-order valence-electron chi connectivity index (χ3n) is 21.6. The molecular weight excluding hydrogens is 1380 g/mol. The van der Waals surface area contributed by atoms with Gasteiger partial charge in [-0.15, -0.1) is 0 Å². The van der Waals surface area contributed by atoms with Gasteiger partial charge in [-0.3, -0.25) is 0 Å². The van der Waals surface area contributed by atoms with E-state index in [4.69, 9.17) is 0 Å². The fourth-order valence-electron chi connectivity index (χ4n) is 14.8. The molecule has 0 saturated heterocycles. The van der Waals surface area contributed by atoms with Gasteiger partial charge in [-0.2, -0.15) is 0 Å². The third-order valence-corrected chi connectivity index (χ3v) is 23.3. The van der Waals surface area contributed by atoms with E-state index < -0.39 is 20.2 Å². The first-order valence-corrected chi connectivity index (χ1v) is 47.0. The number of hydrogen-bond donors (Lipinski definition) is 0. The van der Waals surface area contributed by atoms with Crippen molar-refractivity contribution >= 4 is 69.1 Å². The molecule has 0 heterocycles. The Hall–Kier alpha value is -0.169. The monoisotopic (exact) mass is 1550 g/mol. The van der Waals surface area contributed by atoms with Crippen molar-refractivity contribution in [1.82, 2.24) is 0 Å². The minimum atomic E-state index is -4.33. The van der Waals surface area contributed by atoms with Crippen LogP contribution in [0.5, 0.6) is 0 Å². The van der Waals surface area contributed by atoms with Crippen LogP contribution in [0.15, 0.2) is 58.3 Å². The molecule has 99 heavy (non-hydrogen) atoms. The molecule has 2 rings (SSSR count). The summed E-state index contributed by atoms with van der Waals surface area (Å²) in [4.78, 5) is -0.263. The van der Waals surface area contributed by atoms with Gasteiger partial charge in [0.15, 0.2) is 0 Å². The van der Waals surface area contributed by atoms with Gasteiger partial charge in [-0.05, 0) is 61.1 Å². The van der Waals surface area contributed by atoms with Crippen LogP contribution < -0.4 is 0 Å². The smallest absolute Gasteiger partial charge is 0.744 e. The number of unbranched alkanes of at least 4 members (excludes halogenated alkanes) is 72. The Morgan fingerprint density at radius 1 is 0.182 bits per heavy atom. The van der Waals surface area contributed by atoms with Gasteiger partial charge in [0.05, 0.1) is 9.79 Å². The van der Waals surface area contributed by atoms with Gasteiger partial charge in [0, 0.05) is 0 Å². The van der Waals surface area contributed by atoms with Crippen LogP contribution in [0.2, 0.25) is 0 Å². The van der Waals surface area contributed by atoms with Crippen LogP contribution in [-0.2, 0) is 33.1 Å². The Morgan fingerprint density at radius 3 is 0.384 bits per heavy atom. The number of rotatable bonds is 78. The van der Waals surface area contributed by atoms with E-state index in [1.54, 1.807) is 24.3 Å². The van der Waals surface area contributed by atoms with E-state index in [1.165, 1.54) is 487 Å². The molecule has 9 heteroatoms. The normalized spacial score (nSPS) is 11.8. The zero-order chi connectivity index (χ0) is 70.7. The Labute approximate surface area is 660 Å². The summed E-state index contributed by atoms with van der Waals surface area (Å²) >= 11 is 0. The Morgan fingerprint density at radius 2 is 0.283 bits per heavy atom. The zero-order valence-electron chi connectivity index (χ0n) is 66.3. The van der Waals surface area contributed by atoms with Gasteiger partial charge in [-0.1, -0.05) is 500 Å². The van der Waals surface area contributed by atoms with E-state index in [-0.39, 0.29) is 58.7 Å². The molecule has 0 aliphatic carbocycles. The van der Waals surface area contributed by atoms with Crippen molar-refractivity contribution in [2.24, 2.45) is 0 Å². The van der Waals surface area contributed by atoms with Crippen molar-refractivity contribution in [2.45, 2.75) is 512 Å². The van der Waals surface area contributed by atoms with Gasteiger partial charge < -0.3 is 9.11 Å². The predicted octanol–water partition coefficient (Wildman–Crippen LogP) is 30.8. The van der Waals surface area contributed by atoms with E-state index in [0.717, 1.165) is 36.8 Å². The molecule has 0 aromatic heterocycles. The molecule has 6 nitrogen and oxygen atoms in total. The van der Waals surface area contributed by atoms with Crippen molar-refractivity contribution in [3.8, 4) is 0 Å². The summed E-state index contributed by atoms with van der Waals surface area (Å²) in [5, 5.41) is 0. The van der Waals surface area contributed by atoms with E-state index in [2.05, 4.69) is 13.8 Å². The predicted molar refractivity (Wildman–Crippen MR) is 435 cm³/mol. The zero-order valence-corrected chi connectivity index (χ0v) is 72.4. The molecule has 0 aliphatic heterocycles. The summed E-state index contributed by atoms with van der Waals surface area (Å²) in [5.74, 6) is 0. The van der Waals surface area contributed by atoms with E-state index in [9.17, 15) is 25.9 Å². The van der Waals surface area contributed by atoms with Crippen molar-refractivity contribution < 1.29 is 25.9 Å². The first-order valence-electron chi connectivity index (χ1n) is 44.2. The summed E-state index contributed by atoms with van der Waals surface area (Å²) in [7, 11) is -8.66. The molecule has 2 aromatic rings. The molecule has 2 aromatic carbocycles. The Kier molecular flexibility index (Phi) is 78.8. The molecule has 576 valence electrons. The fourth-order valence-corrected chi connectivity index (χ4v) is 15.8. The van der Waals surface area contributed by atoms with Gasteiger partial charge in [0.2, 0.25) is 0 Å². The van der Waals surface area contributed by atoms with E-state index in [1.807, 2.05) is 0 Å². The maximum absolute atomic E-state index is 11.0. The van der Waals surface area contributed by atoms with Crippen molar-refractivity contribution in [3.63, 3.8) is 0 Å². The topological polar surface area (TPSA) is 114 Å². The third kappa shape index (κ3) is 74.5. The van der Waals surface area contributed by atoms with Crippen LogP contribution in [0, 0.1) is 0 Å². The molecule has 0 fully saturated rings. The molecule has 0 saturated carbocycles. The SMILES string of the molecule is CCCCCCCCCCCCCCCCCCCCCCCCCCCCCCCCCCCCCCCc1ccc(S(=O)(=O)[O-])cc1.CCCCCCCCCCCCCCCCCCCCCCCCCCCCCCCCCCCCCCCc1ccc(S(=O)(=O)[O-])cc1.[Ba+2]. The average Bonchev–Trinajstić information content (AvgIpc) is 0.922. The van der Waals surface area contributed by atoms with Crippen LogP contribution in [0.3, 0.4) is 0 Å². The van der Waals surface area contributed by atoms with Gasteiger partial charge in [0.25, 0.3) is 0 Å². The first kappa shape index (κ1) is 98.8. The van der Waals surface area contributed by atoms with Crippen LogP contribution in [0.4, 0.5) is 0 Å². The fraction of sp³-hybridized carbons (Fsp3) is 0.867. The van der Waals surface area contributed by atoms with E-state index >= 15 is 0 Å². The molecule has 0 atom stereocenters. The minimum absolute atomic E-state index is 0. The molecule has 0 aliphatic rings. The molecule has 0 radical (unpaired) electrons. The quantitative estimate of drug-likeness (QED) is 0.0370. The van der Waals surface area contributed by atoms with Crippen LogP contribution in [0.1, 0.15) is 500 Å². The summed E-state index contributed by atoms with van der Waals surface area (Å²) in [6.45, 7) is 4.61. The second-order valence-corrected chi connectivity index (χ2v) is 33.9. The summed E-state index contributed by atoms with van der Waals surface area (Å²) in [5.41, 5.74) is 2.23. The second kappa shape index (κ2) is 78.9. The average molecular weight is 1550 g/mol. The summed E-state index contributed by atoms with van der Waals surface area (Å²) in [6, 6.07) is 12.8. The van der Waals surface area contributed by atoms with Crippen molar-refractivity contribution in [2.75, 3.05) is 0 Å². The van der Waals surface area contributed by atoms with Crippen LogP contribution >= 0.6 is 0 Å². The van der Waals surface area contributed by atoms with Gasteiger partial charge in [0.1, 0.15) is 20.2 Å². The molecule has 0 unspecified atom stereocenters. The Bertz CT molecular complexity index is 1950. The van der Waals surface area contributed by atoms with Crippen LogP contribution in [0.25, 0.3) is 0 Å². The standard InChI is InChI=1S/2C45H84O3S.Ba/c2*1-2-3-4-5-6-7-8-9-10-11-12-13-14-15-16-17-18-19-20-21-22-23-24-25-26-27-28-29-30-31-32-33-34-35-36-37-38-39-44-40-42-45(43-41-44)49(46,47)48;/h2*40-43H,2-39H2,1H3,(H,46,47,48);/q;;+2/p-2. The summed E-state index contributed by atoms with van der Waals surface area (Å²) < 4.78 is 66.1. The maximum atomic E-state index is 11.0. The van der Waals surface area contributed by atoms with Crippen LogP contribution in [-0.4, -0.2) is 74.8 Å². The van der Waals surface area contributed by atoms with Crippen molar-refractivity contribution in [3.05, 3.63) is 59.7 Å².